The van der Waals surface area contributed by atoms with Crippen LogP contribution in [0, 0.1) is 0 Å². The predicted octanol–water partition coefficient (Wildman–Crippen LogP) is 9.49. The third-order valence-electron chi connectivity index (χ3n) is 7.23. The number of aliphatic hydroxyl groups is 1. The summed E-state index contributed by atoms with van der Waals surface area (Å²) in [5.74, 6) is -0.336. The summed E-state index contributed by atoms with van der Waals surface area (Å²) in [5.41, 5.74) is 5.34. The number of phosphoric acid groups is 1. The summed E-state index contributed by atoms with van der Waals surface area (Å²) in [6, 6.07) is -0.934. The second-order valence-corrected chi connectivity index (χ2v) is 13.2. The second-order valence-electron chi connectivity index (χ2n) is 11.7. The quantitative estimate of drug-likeness (QED) is 0.0314. The summed E-state index contributed by atoms with van der Waals surface area (Å²) in [6.45, 7) is 3.87. The first-order valence-electron chi connectivity index (χ1n) is 18.2. The van der Waals surface area contributed by atoms with Crippen LogP contribution in [0.3, 0.4) is 0 Å². The Morgan fingerprint density at radius 1 is 0.708 bits per heavy atom. The predicted molar refractivity (Wildman–Crippen MR) is 203 cm³/mol. The summed E-state index contributed by atoms with van der Waals surface area (Å²) < 4.78 is 21.9. The van der Waals surface area contributed by atoms with E-state index in [9.17, 15) is 19.4 Å². The van der Waals surface area contributed by atoms with E-state index in [0.717, 1.165) is 44.9 Å². The van der Waals surface area contributed by atoms with Crippen molar-refractivity contribution in [1.82, 2.24) is 5.32 Å². The molecule has 0 heterocycles. The first kappa shape index (κ1) is 45.7. The van der Waals surface area contributed by atoms with Gasteiger partial charge in [0.25, 0.3) is 0 Å². The van der Waals surface area contributed by atoms with Crippen LogP contribution in [0.5, 0.6) is 0 Å². The lowest BCUT2D eigenvalue weighted by Gasteiger charge is -2.23. The average molecular weight is 691 g/mol. The van der Waals surface area contributed by atoms with Crippen LogP contribution in [0.4, 0.5) is 0 Å². The molecule has 0 aliphatic carbocycles. The van der Waals surface area contributed by atoms with Crippen LogP contribution in [0.2, 0.25) is 0 Å². The maximum Gasteiger partial charge on any atom is 0.472 e. The number of amides is 1. The highest BCUT2D eigenvalue weighted by atomic mass is 31.2. The van der Waals surface area contributed by atoms with Crippen molar-refractivity contribution in [3.63, 3.8) is 0 Å². The maximum atomic E-state index is 12.6. The third kappa shape index (κ3) is 32.2. The van der Waals surface area contributed by atoms with Gasteiger partial charge >= 0.3 is 7.82 Å². The number of unbranched alkanes of at least 4 members (excludes halogenated alkanes) is 9. The molecule has 5 N–H and O–H groups in total. The zero-order valence-corrected chi connectivity index (χ0v) is 30.8. The van der Waals surface area contributed by atoms with Gasteiger partial charge in [0.05, 0.1) is 25.4 Å². The van der Waals surface area contributed by atoms with Crippen molar-refractivity contribution in [1.29, 1.82) is 0 Å². The molecule has 1 amide bonds. The standard InChI is InChI=1S/C39H67N2O6P/c1-3-5-7-9-11-13-15-17-19-21-23-25-27-29-31-33-39(43)41-37(36-47-48(44,45)46-35-34-40)38(42)32-30-28-26-24-22-20-18-16-14-12-10-8-6-4-2/h5,7,11,13,17,19,22-25,29-32,37-38,42H,3-4,6,8-10,12,14-16,18,20-21,26-28,33-36,40H2,1-2H3,(H,41,43)(H,44,45)/b7-5-,13-11-,19-17-,24-22+,25-23-,31-29-,32-30+. The van der Waals surface area contributed by atoms with Gasteiger partial charge in [-0.1, -0.05) is 144 Å². The minimum atomic E-state index is -4.37. The number of nitrogens with one attached hydrogen (secondary N) is 1. The Labute approximate surface area is 292 Å². The van der Waals surface area contributed by atoms with Crippen LogP contribution in [0.15, 0.2) is 85.1 Å². The molecule has 48 heavy (non-hydrogen) atoms. The van der Waals surface area contributed by atoms with Crippen molar-refractivity contribution in [2.24, 2.45) is 5.73 Å². The largest absolute Gasteiger partial charge is 0.472 e. The zero-order valence-electron chi connectivity index (χ0n) is 29.9. The monoisotopic (exact) mass is 690 g/mol. The minimum Gasteiger partial charge on any atom is -0.387 e. The molecule has 0 bridgehead atoms. The molecule has 0 saturated carbocycles. The normalized spacial score (nSPS) is 15.4. The molecule has 0 aliphatic heterocycles. The number of rotatable bonds is 32. The molecule has 274 valence electrons. The molecular formula is C39H67N2O6P. The molecular weight excluding hydrogens is 623 g/mol. The number of nitrogens with two attached hydrogens (primary N) is 1. The number of carbonyl (C=O) groups is 1. The van der Waals surface area contributed by atoms with Gasteiger partial charge in [0, 0.05) is 13.0 Å². The van der Waals surface area contributed by atoms with E-state index >= 15 is 0 Å². The van der Waals surface area contributed by atoms with Gasteiger partial charge in [-0.15, -0.1) is 0 Å². The van der Waals surface area contributed by atoms with Crippen molar-refractivity contribution in [2.45, 2.75) is 135 Å². The van der Waals surface area contributed by atoms with Crippen molar-refractivity contribution in [2.75, 3.05) is 19.8 Å². The van der Waals surface area contributed by atoms with Crippen LogP contribution >= 0.6 is 7.82 Å². The van der Waals surface area contributed by atoms with Crippen LogP contribution in [-0.2, 0) is 18.4 Å². The molecule has 0 rings (SSSR count). The number of carbonyl (C=O) groups excluding carboxylic acids is 1. The fourth-order valence-corrected chi connectivity index (χ4v) is 5.27. The van der Waals surface area contributed by atoms with Gasteiger partial charge in [0.2, 0.25) is 5.91 Å². The molecule has 0 aromatic heterocycles. The molecule has 3 atom stereocenters. The van der Waals surface area contributed by atoms with E-state index in [4.69, 9.17) is 14.8 Å². The minimum absolute atomic E-state index is 0.0558. The second kappa shape index (κ2) is 34.5. The molecule has 0 aromatic carbocycles. The summed E-state index contributed by atoms with van der Waals surface area (Å²) >= 11 is 0. The van der Waals surface area contributed by atoms with E-state index in [1.54, 1.807) is 12.2 Å². The Balaban J connectivity index is 4.59. The highest BCUT2D eigenvalue weighted by Crippen LogP contribution is 2.43. The topological polar surface area (TPSA) is 131 Å². The lowest BCUT2D eigenvalue weighted by molar-refractivity contribution is -0.122. The van der Waals surface area contributed by atoms with Crippen molar-refractivity contribution < 1.29 is 28.4 Å². The summed E-state index contributed by atoms with van der Waals surface area (Å²) in [7, 11) is -4.37. The van der Waals surface area contributed by atoms with E-state index in [1.807, 2.05) is 18.2 Å². The molecule has 0 spiro atoms. The molecule has 0 aliphatic rings. The van der Waals surface area contributed by atoms with E-state index in [-0.39, 0.29) is 25.5 Å². The smallest absolute Gasteiger partial charge is 0.387 e. The summed E-state index contributed by atoms with van der Waals surface area (Å²) in [4.78, 5) is 22.5. The molecule has 0 fully saturated rings. The molecule has 9 heteroatoms. The first-order chi connectivity index (χ1) is 23.4. The lowest BCUT2D eigenvalue weighted by Crippen LogP contribution is -2.45. The first-order valence-corrected chi connectivity index (χ1v) is 19.7. The number of phosphoric ester groups is 1. The van der Waals surface area contributed by atoms with Gasteiger partial charge in [0.1, 0.15) is 0 Å². The molecule has 0 saturated heterocycles. The van der Waals surface area contributed by atoms with Crippen LogP contribution in [0.25, 0.3) is 0 Å². The van der Waals surface area contributed by atoms with E-state index in [2.05, 4.69) is 73.8 Å². The van der Waals surface area contributed by atoms with Crippen molar-refractivity contribution in [3.05, 3.63) is 85.1 Å². The SMILES string of the molecule is CC/C=C\C/C=C\C/C=C\C/C=C\C/C=C\CC(=O)NC(COP(=O)(O)OCCN)C(O)/C=C/CC/C=C/CCCCCCCCCC. The van der Waals surface area contributed by atoms with Gasteiger partial charge in [-0.2, -0.15) is 0 Å². The van der Waals surface area contributed by atoms with Crippen LogP contribution in [0.1, 0.15) is 123 Å². The Hall–Kier alpha value is -2.32. The summed E-state index contributed by atoms with van der Waals surface area (Å²) in [5, 5.41) is 13.5. The van der Waals surface area contributed by atoms with Gasteiger partial charge in [-0.05, 0) is 57.8 Å². The van der Waals surface area contributed by atoms with Crippen molar-refractivity contribution in [3.8, 4) is 0 Å². The fourth-order valence-electron chi connectivity index (χ4n) is 4.51. The number of hydrogen-bond donors (Lipinski definition) is 4. The van der Waals surface area contributed by atoms with E-state index in [1.165, 1.54) is 51.4 Å². The van der Waals surface area contributed by atoms with Gasteiger partial charge < -0.3 is 21.1 Å². The van der Waals surface area contributed by atoms with Crippen LogP contribution < -0.4 is 11.1 Å². The van der Waals surface area contributed by atoms with E-state index in [0.29, 0.717) is 6.42 Å². The number of aliphatic hydroxyl groups excluding tert-OH is 1. The van der Waals surface area contributed by atoms with E-state index < -0.39 is 26.6 Å². The molecule has 3 unspecified atom stereocenters. The molecule has 8 nitrogen and oxygen atoms in total. The molecule has 0 radical (unpaired) electrons. The Bertz CT molecular complexity index is 1020. The number of allylic oxidation sites excluding steroid dienone is 12. The Morgan fingerprint density at radius 3 is 1.81 bits per heavy atom. The lowest BCUT2D eigenvalue weighted by atomic mass is 10.1. The number of hydrogen-bond acceptors (Lipinski definition) is 6. The zero-order chi connectivity index (χ0) is 35.4. The molecule has 0 aromatic rings. The van der Waals surface area contributed by atoms with Gasteiger partial charge in [-0.25, -0.2) is 4.57 Å². The van der Waals surface area contributed by atoms with Gasteiger partial charge in [0.15, 0.2) is 0 Å². The third-order valence-corrected chi connectivity index (χ3v) is 8.22. The Morgan fingerprint density at radius 2 is 1.23 bits per heavy atom. The highest BCUT2D eigenvalue weighted by molar-refractivity contribution is 7.47. The fraction of sp³-hybridized carbons (Fsp3) is 0.615. The Kier molecular flexibility index (Phi) is 32.9. The maximum absolute atomic E-state index is 12.6. The highest BCUT2D eigenvalue weighted by Gasteiger charge is 2.26. The van der Waals surface area contributed by atoms with Crippen LogP contribution in [-0.4, -0.2) is 47.8 Å². The average Bonchev–Trinajstić information content (AvgIpc) is 3.07. The summed E-state index contributed by atoms with van der Waals surface area (Å²) in [6.07, 6.45) is 45.2. The van der Waals surface area contributed by atoms with Gasteiger partial charge in [-0.3, -0.25) is 13.8 Å². The van der Waals surface area contributed by atoms with Crippen molar-refractivity contribution >= 4 is 13.7 Å².